The van der Waals surface area contributed by atoms with E-state index in [4.69, 9.17) is 10.5 Å². The van der Waals surface area contributed by atoms with Crippen molar-refractivity contribution in [3.8, 4) is 5.75 Å². The topological polar surface area (TPSA) is 55.6 Å². The molecule has 1 aromatic carbocycles. The predicted molar refractivity (Wildman–Crippen MR) is 87.1 cm³/mol. The van der Waals surface area contributed by atoms with Crippen LogP contribution in [0.15, 0.2) is 22.7 Å². The van der Waals surface area contributed by atoms with Crippen molar-refractivity contribution in [1.29, 1.82) is 0 Å². The van der Waals surface area contributed by atoms with Gasteiger partial charge in [-0.1, -0.05) is 0 Å². The summed E-state index contributed by atoms with van der Waals surface area (Å²) in [6, 6.07) is 4.23. The number of ether oxygens (including phenoxy) is 1. The first-order chi connectivity index (χ1) is 10.4. The highest BCUT2D eigenvalue weighted by Gasteiger charge is 2.29. The molecule has 1 aliphatic rings. The summed E-state index contributed by atoms with van der Waals surface area (Å²) in [4.78, 5) is 14.3. The lowest BCUT2D eigenvalue weighted by Gasteiger charge is -2.35. The minimum atomic E-state index is -0.617. The van der Waals surface area contributed by atoms with Crippen molar-refractivity contribution in [3.05, 3.63) is 28.5 Å². The molecule has 4 nitrogen and oxygen atoms in total. The van der Waals surface area contributed by atoms with Gasteiger partial charge in [0.25, 0.3) is 5.91 Å². The highest BCUT2D eigenvalue weighted by molar-refractivity contribution is 9.10. The normalized spacial score (nSPS) is 21.3. The lowest BCUT2D eigenvalue weighted by molar-refractivity contribution is -0.139. The third-order valence-electron chi connectivity index (χ3n) is 4.06. The molecule has 6 heteroatoms. The van der Waals surface area contributed by atoms with Crippen LogP contribution in [0.5, 0.6) is 5.75 Å². The molecule has 0 bridgehead atoms. The maximum absolute atomic E-state index is 13.1. The summed E-state index contributed by atoms with van der Waals surface area (Å²) in [7, 11) is 0. The largest absolute Gasteiger partial charge is 0.480 e. The molecular weight excluding hydrogens is 351 g/mol. The zero-order chi connectivity index (χ0) is 16.3. The molecule has 3 atom stereocenters. The fraction of sp³-hybridized carbons (Fsp3) is 0.562. The fourth-order valence-electron chi connectivity index (χ4n) is 2.71. The molecule has 1 aromatic rings. The Labute approximate surface area is 138 Å². The van der Waals surface area contributed by atoms with E-state index < -0.39 is 6.10 Å². The van der Waals surface area contributed by atoms with Gasteiger partial charge in [0.15, 0.2) is 6.10 Å². The van der Waals surface area contributed by atoms with Gasteiger partial charge >= 0.3 is 0 Å². The number of halogens is 2. The Balaban J connectivity index is 1.99. The lowest BCUT2D eigenvalue weighted by Crippen LogP contribution is -2.48. The fourth-order valence-corrected chi connectivity index (χ4v) is 3.15. The van der Waals surface area contributed by atoms with Crippen LogP contribution in [-0.2, 0) is 4.79 Å². The number of piperidine rings is 1. The van der Waals surface area contributed by atoms with Gasteiger partial charge in [-0.3, -0.25) is 4.79 Å². The van der Waals surface area contributed by atoms with E-state index in [-0.39, 0.29) is 17.8 Å². The van der Waals surface area contributed by atoms with Crippen molar-refractivity contribution in [2.75, 3.05) is 13.1 Å². The summed E-state index contributed by atoms with van der Waals surface area (Å²) in [6.07, 6.45) is 1.40. The van der Waals surface area contributed by atoms with Gasteiger partial charge < -0.3 is 15.4 Å². The van der Waals surface area contributed by atoms with Crippen molar-refractivity contribution in [1.82, 2.24) is 4.90 Å². The summed E-state index contributed by atoms with van der Waals surface area (Å²) < 4.78 is 19.3. The smallest absolute Gasteiger partial charge is 0.263 e. The first-order valence-electron chi connectivity index (χ1n) is 7.54. The number of hydrogen-bond donors (Lipinski definition) is 1. The first kappa shape index (κ1) is 17.2. The molecule has 2 rings (SSSR count). The minimum Gasteiger partial charge on any atom is -0.480 e. The molecule has 1 saturated heterocycles. The van der Waals surface area contributed by atoms with E-state index >= 15 is 0 Å². The third kappa shape index (κ3) is 4.20. The molecule has 0 radical (unpaired) electrons. The van der Waals surface area contributed by atoms with E-state index in [0.29, 0.717) is 22.7 Å². The van der Waals surface area contributed by atoms with Gasteiger partial charge in [-0.2, -0.15) is 0 Å². The average molecular weight is 373 g/mol. The Morgan fingerprint density at radius 3 is 2.86 bits per heavy atom. The van der Waals surface area contributed by atoms with Crippen LogP contribution in [-0.4, -0.2) is 36.0 Å². The quantitative estimate of drug-likeness (QED) is 0.883. The van der Waals surface area contributed by atoms with Gasteiger partial charge in [-0.15, -0.1) is 0 Å². The van der Waals surface area contributed by atoms with Gasteiger partial charge in [0.2, 0.25) is 0 Å². The Bertz CT molecular complexity index is 539. The summed E-state index contributed by atoms with van der Waals surface area (Å²) in [5, 5.41) is 0. The van der Waals surface area contributed by atoms with Gasteiger partial charge in [0, 0.05) is 19.1 Å². The van der Waals surface area contributed by atoms with E-state index in [1.165, 1.54) is 18.2 Å². The molecule has 0 aromatic heterocycles. The average Bonchev–Trinajstić information content (AvgIpc) is 2.49. The van der Waals surface area contributed by atoms with Crippen LogP contribution in [0.25, 0.3) is 0 Å². The zero-order valence-electron chi connectivity index (χ0n) is 12.9. The van der Waals surface area contributed by atoms with Crippen LogP contribution in [0, 0.1) is 11.7 Å². The minimum absolute atomic E-state index is 0.0541. The number of hydrogen-bond acceptors (Lipinski definition) is 3. The van der Waals surface area contributed by atoms with Crippen LogP contribution < -0.4 is 10.5 Å². The molecule has 0 spiro atoms. The molecule has 0 aliphatic carbocycles. The zero-order valence-corrected chi connectivity index (χ0v) is 14.5. The number of carbonyl (C=O) groups excluding carboxylic acids is 1. The van der Waals surface area contributed by atoms with E-state index in [0.717, 1.165) is 19.4 Å². The highest BCUT2D eigenvalue weighted by Crippen LogP contribution is 2.27. The number of nitrogens with two attached hydrogens (primary N) is 1. The van der Waals surface area contributed by atoms with Crippen LogP contribution in [0.4, 0.5) is 4.39 Å². The number of benzene rings is 1. The number of amides is 1. The summed E-state index contributed by atoms with van der Waals surface area (Å²) in [6.45, 7) is 5.11. The summed E-state index contributed by atoms with van der Waals surface area (Å²) in [5.41, 5.74) is 5.95. The standard InChI is InChI=1S/C16H22BrFN2O2/c1-10(19)12-4-3-7-20(9-12)16(21)11(2)22-15-6-5-13(18)8-14(15)17/h5-6,8,10-12H,3-4,7,9,19H2,1-2H3/t10-,11-,12+/m0/s1. The Morgan fingerprint density at radius 2 is 2.23 bits per heavy atom. The Kier molecular flexibility index (Phi) is 5.81. The number of carbonyl (C=O) groups is 1. The van der Waals surface area contributed by atoms with Crippen molar-refractivity contribution in [3.63, 3.8) is 0 Å². The second-order valence-corrected chi connectivity index (χ2v) is 6.73. The first-order valence-corrected chi connectivity index (χ1v) is 8.34. The van der Waals surface area contributed by atoms with Crippen LogP contribution in [0.3, 0.4) is 0 Å². The van der Waals surface area contributed by atoms with Crippen molar-refractivity contribution in [2.24, 2.45) is 11.7 Å². The number of likely N-dealkylation sites (tertiary alicyclic amines) is 1. The monoisotopic (exact) mass is 372 g/mol. The molecule has 0 saturated carbocycles. The van der Waals surface area contributed by atoms with Gasteiger partial charge in [-0.05, 0) is 66.7 Å². The Morgan fingerprint density at radius 1 is 1.50 bits per heavy atom. The van der Waals surface area contributed by atoms with Crippen molar-refractivity contribution < 1.29 is 13.9 Å². The molecule has 0 unspecified atom stereocenters. The summed E-state index contributed by atoms with van der Waals surface area (Å²) >= 11 is 3.24. The Hall–Kier alpha value is -1.14. The van der Waals surface area contributed by atoms with E-state index in [9.17, 15) is 9.18 Å². The van der Waals surface area contributed by atoms with E-state index in [1.54, 1.807) is 6.92 Å². The highest BCUT2D eigenvalue weighted by atomic mass is 79.9. The predicted octanol–water partition coefficient (Wildman–Crippen LogP) is 2.94. The van der Waals surface area contributed by atoms with Gasteiger partial charge in [0.1, 0.15) is 11.6 Å². The second kappa shape index (κ2) is 7.42. The molecule has 1 amide bonds. The molecule has 1 fully saturated rings. The van der Waals surface area contributed by atoms with Crippen molar-refractivity contribution in [2.45, 2.75) is 38.8 Å². The van der Waals surface area contributed by atoms with Crippen LogP contribution >= 0.6 is 15.9 Å². The molecule has 1 heterocycles. The molecular formula is C16H22BrFN2O2. The third-order valence-corrected chi connectivity index (χ3v) is 4.68. The second-order valence-electron chi connectivity index (χ2n) is 5.88. The van der Waals surface area contributed by atoms with Crippen LogP contribution in [0.2, 0.25) is 0 Å². The summed E-state index contributed by atoms with van der Waals surface area (Å²) in [5.74, 6) is 0.390. The van der Waals surface area contributed by atoms with Crippen molar-refractivity contribution >= 4 is 21.8 Å². The molecule has 1 aliphatic heterocycles. The molecule has 22 heavy (non-hydrogen) atoms. The van der Waals surface area contributed by atoms with Gasteiger partial charge in [0.05, 0.1) is 4.47 Å². The molecule has 122 valence electrons. The lowest BCUT2D eigenvalue weighted by atomic mass is 9.92. The molecule has 2 N–H and O–H groups in total. The number of nitrogens with zero attached hydrogens (tertiary/aromatic N) is 1. The number of rotatable bonds is 4. The van der Waals surface area contributed by atoms with Gasteiger partial charge in [-0.25, -0.2) is 4.39 Å². The maximum Gasteiger partial charge on any atom is 0.263 e. The van der Waals surface area contributed by atoms with E-state index in [2.05, 4.69) is 15.9 Å². The van der Waals surface area contributed by atoms with E-state index in [1.807, 2.05) is 11.8 Å². The maximum atomic E-state index is 13.1. The SMILES string of the molecule is C[C@H](Oc1ccc(F)cc1Br)C(=O)N1CCC[C@@H]([C@H](C)N)C1. The van der Waals surface area contributed by atoms with Crippen LogP contribution in [0.1, 0.15) is 26.7 Å².